The second-order valence-electron chi connectivity index (χ2n) is 7.02. The Morgan fingerprint density at radius 2 is 1.48 bits per heavy atom. The van der Waals surface area contributed by atoms with Gasteiger partial charge in [-0.3, -0.25) is 14.5 Å². The summed E-state index contributed by atoms with van der Waals surface area (Å²) in [5, 5.41) is 3.15. The molecule has 0 atom stereocenters. The molecule has 0 saturated carbocycles. The molecule has 0 saturated heterocycles. The first-order valence-corrected chi connectivity index (χ1v) is 9.80. The second-order valence-corrected chi connectivity index (χ2v) is 7.02. The summed E-state index contributed by atoms with van der Waals surface area (Å²) in [7, 11) is 3.16. The highest BCUT2D eigenvalue weighted by atomic mass is 16.5. The maximum atomic E-state index is 13.4. The molecule has 6 heteroatoms. The third kappa shape index (κ3) is 4.14. The van der Waals surface area contributed by atoms with Crippen molar-refractivity contribution < 1.29 is 19.1 Å². The molecule has 2 amide bonds. The van der Waals surface area contributed by atoms with Crippen LogP contribution in [0.4, 0.5) is 5.69 Å². The van der Waals surface area contributed by atoms with Gasteiger partial charge in [-0.1, -0.05) is 48.5 Å². The van der Waals surface area contributed by atoms with Crippen LogP contribution in [0.15, 0.2) is 84.6 Å². The van der Waals surface area contributed by atoms with E-state index >= 15 is 0 Å². The van der Waals surface area contributed by atoms with Crippen LogP contribution in [0, 0.1) is 0 Å². The first-order valence-electron chi connectivity index (χ1n) is 9.80. The highest BCUT2D eigenvalue weighted by Gasteiger charge is 2.39. The van der Waals surface area contributed by atoms with Crippen LogP contribution in [-0.2, 0) is 16.1 Å². The molecule has 0 aromatic heterocycles. The van der Waals surface area contributed by atoms with E-state index in [0.29, 0.717) is 28.3 Å². The summed E-state index contributed by atoms with van der Waals surface area (Å²) in [6.45, 7) is 0.196. The van der Waals surface area contributed by atoms with Gasteiger partial charge in [0.05, 0.1) is 26.3 Å². The predicted octanol–water partition coefficient (Wildman–Crippen LogP) is 4.10. The van der Waals surface area contributed by atoms with Crippen LogP contribution in [-0.4, -0.2) is 30.9 Å². The number of hydrogen-bond donors (Lipinski definition) is 1. The summed E-state index contributed by atoms with van der Waals surface area (Å²) >= 11 is 0. The third-order valence-electron chi connectivity index (χ3n) is 5.07. The summed E-state index contributed by atoms with van der Waals surface area (Å²) in [5.74, 6) is 0.603. The Morgan fingerprint density at radius 1 is 0.774 bits per heavy atom. The Bertz CT molecular complexity index is 1140. The number of methoxy groups -OCH3 is 2. The number of anilines is 1. The van der Waals surface area contributed by atoms with Crippen molar-refractivity contribution in [3.05, 3.63) is 95.7 Å². The standard InChI is InChI=1S/C25H22N2O4/c1-30-20-13-11-18(12-14-20)22-23(26-19-9-6-10-21(15-19)31-2)25(29)27(24(22)28)16-17-7-4-3-5-8-17/h3-15,26H,16H2,1-2H3. The number of ether oxygens (including phenoxy) is 2. The van der Waals surface area contributed by atoms with Gasteiger partial charge >= 0.3 is 0 Å². The molecular formula is C25H22N2O4. The van der Waals surface area contributed by atoms with Crippen molar-refractivity contribution >= 4 is 23.1 Å². The Kier molecular flexibility index (Phi) is 5.71. The number of nitrogens with zero attached hydrogens (tertiary/aromatic N) is 1. The summed E-state index contributed by atoms with van der Waals surface area (Å²) in [4.78, 5) is 27.9. The van der Waals surface area contributed by atoms with Gasteiger partial charge in [-0.15, -0.1) is 0 Å². The highest BCUT2D eigenvalue weighted by molar-refractivity contribution is 6.36. The van der Waals surface area contributed by atoms with Crippen LogP contribution in [0.1, 0.15) is 11.1 Å². The Morgan fingerprint density at radius 3 is 2.16 bits per heavy atom. The summed E-state index contributed by atoms with van der Waals surface area (Å²) in [6.07, 6.45) is 0. The van der Waals surface area contributed by atoms with E-state index in [9.17, 15) is 9.59 Å². The van der Waals surface area contributed by atoms with Crippen molar-refractivity contribution in [2.75, 3.05) is 19.5 Å². The van der Waals surface area contributed by atoms with Gasteiger partial charge < -0.3 is 14.8 Å². The zero-order valence-electron chi connectivity index (χ0n) is 17.3. The van der Waals surface area contributed by atoms with Crippen LogP contribution in [0.5, 0.6) is 11.5 Å². The van der Waals surface area contributed by atoms with E-state index in [-0.39, 0.29) is 24.1 Å². The molecule has 1 aliphatic rings. The number of carbonyl (C=O) groups is 2. The molecule has 6 nitrogen and oxygen atoms in total. The van der Waals surface area contributed by atoms with Crippen molar-refractivity contribution in [2.24, 2.45) is 0 Å². The quantitative estimate of drug-likeness (QED) is 0.590. The highest BCUT2D eigenvalue weighted by Crippen LogP contribution is 2.32. The molecule has 0 aliphatic carbocycles. The zero-order chi connectivity index (χ0) is 21.8. The van der Waals surface area contributed by atoms with Gasteiger partial charge in [0.2, 0.25) is 0 Å². The SMILES string of the molecule is COc1ccc(C2=C(Nc3cccc(OC)c3)C(=O)N(Cc3ccccc3)C2=O)cc1. The number of imide groups is 1. The molecule has 1 N–H and O–H groups in total. The smallest absolute Gasteiger partial charge is 0.278 e. The molecule has 0 unspecified atom stereocenters. The molecule has 156 valence electrons. The van der Waals surface area contributed by atoms with E-state index in [2.05, 4.69) is 5.32 Å². The van der Waals surface area contributed by atoms with Crippen molar-refractivity contribution in [1.29, 1.82) is 0 Å². The Balaban J connectivity index is 1.74. The van der Waals surface area contributed by atoms with Gasteiger partial charge in [0.1, 0.15) is 17.2 Å². The molecule has 4 rings (SSSR count). The van der Waals surface area contributed by atoms with Crippen LogP contribution in [0.2, 0.25) is 0 Å². The molecule has 3 aromatic rings. The second kappa shape index (κ2) is 8.75. The molecule has 3 aromatic carbocycles. The minimum Gasteiger partial charge on any atom is -0.497 e. The van der Waals surface area contributed by atoms with Crippen molar-refractivity contribution in [3.8, 4) is 11.5 Å². The zero-order valence-corrected chi connectivity index (χ0v) is 17.3. The maximum absolute atomic E-state index is 13.4. The van der Waals surface area contributed by atoms with E-state index in [1.54, 1.807) is 44.6 Å². The lowest BCUT2D eigenvalue weighted by Gasteiger charge is -2.15. The largest absolute Gasteiger partial charge is 0.497 e. The Hall–Kier alpha value is -4.06. The molecule has 31 heavy (non-hydrogen) atoms. The number of nitrogens with one attached hydrogen (secondary N) is 1. The summed E-state index contributed by atoms with van der Waals surface area (Å²) < 4.78 is 10.5. The van der Waals surface area contributed by atoms with E-state index in [1.165, 1.54) is 4.90 Å². The van der Waals surface area contributed by atoms with E-state index in [4.69, 9.17) is 9.47 Å². The minimum atomic E-state index is -0.373. The van der Waals surface area contributed by atoms with Gasteiger partial charge in [-0.05, 0) is 35.4 Å². The monoisotopic (exact) mass is 414 g/mol. The molecule has 1 aliphatic heterocycles. The van der Waals surface area contributed by atoms with Crippen LogP contribution in [0.25, 0.3) is 5.57 Å². The van der Waals surface area contributed by atoms with E-state index in [0.717, 1.165) is 5.56 Å². The van der Waals surface area contributed by atoms with Crippen LogP contribution >= 0.6 is 0 Å². The van der Waals surface area contributed by atoms with Gasteiger partial charge in [0.25, 0.3) is 11.8 Å². The van der Waals surface area contributed by atoms with Gasteiger partial charge in [-0.25, -0.2) is 0 Å². The fourth-order valence-electron chi connectivity index (χ4n) is 3.47. The Labute approximate surface area is 180 Å². The summed E-state index contributed by atoms with van der Waals surface area (Å²) in [5.41, 5.74) is 2.73. The van der Waals surface area contributed by atoms with Gasteiger partial charge in [0, 0.05) is 11.8 Å². The van der Waals surface area contributed by atoms with Gasteiger partial charge in [-0.2, -0.15) is 0 Å². The molecule has 0 spiro atoms. The average Bonchev–Trinajstić information content (AvgIpc) is 3.04. The normalized spacial score (nSPS) is 13.5. The minimum absolute atomic E-state index is 0.196. The van der Waals surface area contributed by atoms with Crippen molar-refractivity contribution in [1.82, 2.24) is 4.90 Å². The molecular weight excluding hydrogens is 392 g/mol. The van der Waals surface area contributed by atoms with Crippen LogP contribution < -0.4 is 14.8 Å². The number of hydrogen-bond acceptors (Lipinski definition) is 5. The number of amides is 2. The fourth-order valence-corrected chi connectivity index (χ4v) is 3.47. The maximum Gasteiger partial charge on any atom is 0.278 e. The van der Waals surface area contributed by atoms with Crippen molar-refractivity contribution in [3.63, 3.8) is 0 Å². The molecule has 0 radical (unpaired) electrons. The lowest BCUT2D eigenvalue weighted by atomic mass is 10.0. The first-order chi connectivity index (χ1) is 15.1. The fraction of sp³-hybridized carbons (Fsp3) is 0.120. The van der Waals surface area contributed by atoms with E-state index < -0.39 is 0 Å². The lowest BCUT2D eigenvalue weighted by molar-refractivity contribution is -0.137. The lowest BCUT2D eigenvalue weighted by Crippen LogP contribution is -2.31. The number of carbonyl (C=O) groups excluding carboxylic acids is 2. The van der Waals surface area contributed by atoms with Crippen molar-refractivity contribution in [2.45, 2.75) is 6.54 Å². The topological polar surface area (TPSA) is 67.9 Å². The summed E-state index contributed by atoms with van der Waals surface area (Å²) in [6, 6.07) is 23.8. The number of rotatable bonds is 7. The molecule has 0 fully saturated rings. The van der Waals surface area contributed by atoms with E-state index in [1.807, 2.05) is 48.5 Å². The molecule has 0 bridgehead atoms. The van der Waals surface area contributed by atoms with Crippen LogP contribution in [0.3, 0.4) is 0 Å². The predicted molar refractivity (Wildman–Crippen MR) is 119 cm³/mol. The first kappa shape index (κ1) is 20.2. The van der Waals surface area contributed by atoms with Gasteiger partial charge in [0.15, 0.2) is 0 Å². The molecule has 1 heterocycles. The number of benzene rings is 3. The third-order valence-corrected chi connectivity index (χ3v) is 5.07. The average molecular weight is 414 g/mol.